The van der Waals surface area contributed by atoms with Gasteiger partial charge < -0.3 is 10.1 Å². The molecular formula is C7H11N3O. The lowest BCUT2D eigenvalue weighted by molar-refractivity contribution is 0.181. The highest BCUT2D eigenvalue weighted by Gasteiger charge is 1.94. The lowest BCUT2D eigenvalue weighted by Crippen LogP contribution is -1.99. The highest BCUT2D eigenvalue weighted by atomic mass is 16.5. The van der Waals surface area contributed by atoms with Gasteiger partial charge in [-0.15, -0.1) is 0 Å². The van der Waals surface area contributed by atoms with Gasteiger partial charge in [-0.25, -0.2) is 9.97 Å². The molecule has 0 amide bonds. The topological polar surface area (TPSA) is 47.0 Å². The Morgan fingerprint density at radius 1 is 1.64 bits per heavy atom. The van der Waals surface area contributed by atoms with Gasteiger partial charge in [-0.1, -0.05) is 0 Å². The fourth-order valence-electron chi connectivity index (χ4n) is 0.745. The molecule has 0 saturated carbocycles. The molecule has 0 aromatic carbocycles. The van der Waals surface area contributed by atoms with Gasteiger partial charge in [0.05, 0.1) is 12.3 Å². The molecule has 11 heavy (non-hydrogen) atoms. The Hall–Kier alpha value is -1.16. The van der Waals surface area contributed by atoms with Crippen molar-refractivity contribution in [2.75, 3.05) is 19.5 Å². The molecule has 4 heteroatoms. The van der Waals surface area contributed by atoms with Gasteiger partial charge in [0.25, 0.3) is 0 Å². The van der Waals surface area contributed by atoms with Crippen molar-refractivity contribution in [3.63, 3.8) is 0 Å². The Morgan fingerprint density at radius 3 is 3.09 bits per heavy atom. The standard InChI is InChI=1S/C7H11N3O/c1-8-7-9-4-3-6(10-7)5-11-2/h3-4H,5H2,1-2H3,(H,8,9,10). The van der Waals surface area contributed by atoms with Crippen molar-refractivity contribution in [1.29, 1.82) is 0 Å². The number of anilines is 1. The van der Waals surface area contributed by atoms with Gasteiger partial charge in [-0.2, -0.15) is 0 Å². The average molecular weight is 153 g/mol. The van der Waals surface area contributed by atoms with Crippen LogP contribution in [0, 0.1) is 0 Å². The third-order valence-corrected chi connectivity index (χ3v) is 1.23. The maximum Gasteiger partial charge on any atom is 0.222 e. The van der Waals surface area contributed by atoms with Gasteiger partial charge in [0, 0.05) is 20.4 Å². The van der Waals surface area contributed by atoms with E-state index in [0.717, 1.165) is 5.69 Å². The van der Waals surface area contributed by atoms with Crippen molar-refractivity contribution < 1.29 is 4.74 Å². The molecule has 0 spiro atoms. The zero-order valence-corrected chi connectivity index (χ0v) is 6.66. The van der Waals surface area contributed by atoms with Crippen LogP contribution >= 0.6 is 0 Å². The lowest BCUT2D eigenvalue weighted by Gasteiger charge is -2.00. The number of hydrogen-bond acceptors (Lipinski definition) is 4. The van der Waals surface area contributed by atoms with Crippen LogP contribution in [0.1, 0.15) is 5.69 Å². The molecule has 1 N–H and O–H groups in total. The van der Waals surface area contributed by atoms with E-state index in [1.807, 2.05) is 6.07 Å². The minimum absolute atomic E-state index is 0.525. The molecule has 4 nitrogen and oxygen atoms in total. The minimum Gasteiger partial charge on any atom is -0.378 e. The van der Waals surface area contributed by atoms with Crippen LogP contribution in [0.4, 0.5) is 5.95 Å². The molecule has 0 aliphatic rings. The Bertz CT molecular complexity index is 227. The van der Waals surface area contributed by atoms with Crippen molar-refractivity contribution >= 4 is 5.95 Å². The van der Waals surface area contributed by atoms with E-state index in [2.05, 4.69) is 15.3 Å². The number of rotatable bonds is 3. The first-order chi connectivity index (χ1) is 5.36. The van der Waals surface area contributed by atoms with E-state index < -0.39 is 0 Å². The fraction of sp³-hybridized carbons (Fsp3) is 0.429. The van der Waals surface area contributed by atoms with Crippen LogP contribution in [-0.2, 0) is 11.3 Å². The van der Waals surface area contributed by atoms with E-state index >= 15 is 0 Å². The third-order valence-electron chi connectivity index (χ3n) is 1.23. The first kappa shape index (κ1) is 7.94. The summed E-state index contributed by atoms with van der Waals surface area (Å²) >= 11 is 0. The molecule has 0 atom stereocenters. The maximum atomic E-state index is 4.91. The monoisotopic (exact) mass is 153 g/mol. The van der Waals surface area contributed by atoms with Crippen LogP contribution in [0.15, 0.2) is 12.3 Å². The van der Waals surface area contributed by atoms with E-state index in [0.29, 0.717) is 12.6 Å². The molecule has 0 aliphatic carbocycles. The first-order valence-corrected chi connectivity index (χ1v) is 3.35. The predicted molar refractivity (Wildman–Crippen MR) is 42.3 cm³/mol. The van der Waals surface area contributed by atoms with Gasteiger partial charge in [0.1, 0.15) is 0 Å². The Kier molecular flexibility index (Phi) is 2.80. The normalized spacial score (nSPS) is 9.64. The number of aromatic nitrogens is 2. The maximum absolute atomic E-state index is 4.91. The molecule has 0 radical (unpaired) electrons. The summed E-state index contributed by atoms with van der Waals surface area (Å²) < 4.78 is 4.91. The van der Waals surface area contributed by atoms with Crippen LogP contribution < -0.4 is 5.32 Å². The number of methoxy groups -OCH3 is 1. The summed E-state index contributed by atoms with van der Waals surface area (Å²) in [6, 6.07) is 1.82. The van der Waals surface area contributed by atoms with Crippen LogP contribution in [-0.4, -0.2) is 24.1 Å². The molecule has 0 unspecified atom stereocenters. The lowest BCUT2D eigenvalue weighted by atomic mass is 10.4. The van der Waals surface area contributed by atoms with E-state index in [4.69, 9.17) is 4.74 Å². The molecule has 0 fully saturated rings. The third kappa shape index (κ3) is 2.16. The first-order valence-electron chi connectivity index (χ1n) is 3.35. The summed E-state index contributed by atoms with van der Waals surface area (Å²) in [7, 11) is 3.42. The van der Waals surface area contributed by atoms with Gasteiger partial charge in [-0.3, -0.25) is 0 Å². The Labute approximate surface area is 65.6 Å². The zero-order valence-electron chi connectivity index (χ0n) is 6.66. The second-order valence-corrected chi connectivity index (χ2v) is 2.05. The summed E-state index contributed by atoms with van der Waals surface area (Å²) in [5, 5.41) is 2.85. The summed E-state index contributed by atoms with van der Waals surface area (Å²) in [5.41, 5.74) is 0.881. The van der Waals surface area contributed by atoms with Crippen molar-refractivity contribution in [2.45, 2.75) is 6.61 Å². The molecule has 1 heterocycles. The number of hydrogen-bond donors (Lipinski definition) is 1. The van der Waals surface area contributed by atoms with E-state index in [-0.39, 0.29) is 0 Å². The molecule has 0 saturated heterocycles. The van der Waals surface area contributed by atoms with Crippen molar-refractivity contribution in [3.05, 3.63) is 18.0 Å². The Morgan fingerprint density at radius 2 is 2.45 bits per heavy atom. The molecular weight excluding hydrogens is 142 g/mol. The summed E-state index contributed by atoms with van der Waals surface area (Å²) in [6.07, 6.45) is 1.70. The largest absolute Gasteiger partial charge is 0.378 e. The van der Waals surface area contributed by atoms with E-state index in [1.54, 1.807) is 20.4 Å². The van der Waals surface area contributed by atoms with Crippen LogP contribution in [0.5, 0.6) is 0 Å². The summed E-state index contributed by atoms with van der Waals surface area (Å²) in [4.78, 5) is 8.10. The van der Waals surface area contributed by atoms with Gasteiger partial charge >= 0.3 is 0 Å². The van der Waals surface area contributed by atoms with Crippen LogP contribution in [0.25, 0.3) is 0 Å². The summed E-state index contributed by atoms with van der Waals surface area (Å²) in [6.45, 7) is 0.525. The molecule has 60 valence electrons. The molecule has 1 aromatic rings. The van der Waals surface area contributed by atoms with E-state index in [1.165, 1.54) is 0 Å². The SMILES string of the molecule is CNc1nccc(COC)n1. The van der Waals surface area contributed by atoms with Gasteiger partial charge in [0.15, 0.2) is 0 Å². The highest BCUT2D eigenvalue weighted by Crippen LogP contribution is 1.99. The molecule has 1 rings (SSSR count). The summed E-state index contributed by atoms with van der Waals surface area (Å²) in [5.74, 6) is 0.625. The molecule has 0 aliphatic heterocycles. The van der Waals surface area contributed by atoms with Crippen LogP contribution in [0.2, 0.25) is 0 Å². The second kappa shape index (κ2) is 3.88. The zero-order chi connectivity index (χ0) is 8.10. The van der Waals surface area contributed by atoms with Crippen molar-refractivity contribution in [3.8, 4) is 0 Å². The fourth-order valence-corrected chi connectivity index (χ4v) is 0.745. The molecule has 0 bridgehead atoms. The second-order valence-electron chi connectivity index (χ2n) is 2.05. The van der Waals surface area contributed by atoms with Crippen molar-refractivity contribution in [1.82, 2.24) is 9.97 Å². The number of nitrogens with one attached hydrogen (secondary N) is 1. The smallest absolute Gasteiger partial charge is 0.222 e. The van der Waals surface area contributed by atoms with Gasteiger partial charge in [-0.05, 0) is 6.07 Å². The number of nitrogens with zero attached hydrogens (tertiary/aromatic N) is 2. The van der Waals surface area contributed by atoms with E-state index in [9.17, 15) is 0 Å². The number of ether oxygens (including phenoxy) is 1. The van der Waals surface area contributed by atoms with Crippen molar-refractivity contribution in [2.24, 2.45) is 0 Å². The predicted octanol–water partition coefficient (Wildman–Crippen LogP) is 0.665. The minimum atomic E-state index is 0.525. The molecule has 1 aromatic heterocycles. The quantitative estimate of drug-likeness (QED) is 0.693. The highest BCUT2D eigenvalue weighted by molar-refractivity contribution is 5.23. The van der Waals surface area contributed by atoms with Crippen LogP contribution in [0.3, 0.4) is 0 Å². The average Bonchev–Trinajstić information content (AvgIpc) is 2.06. The Balaban J connectivity index is 2.74. The van der Waals surface area contributed by atoms with Gasteiger partial charge in [0.2, 0.25) is 5.95 Å².